The van der Waals surface area contributed by atoms with Crippen molar-refractivity contribution in [2.45, 2.75) is 147 Å². The third-order valence-electron chi connectivity index (χ3n) is 7.91. The highest BCUT2D eigenvalue weighted by atomic mass is 32.2. The van der Waals surface area contributed by atoms with Crippen molar-refractivity contribution in [1.82, 2.24) is 0 Å². The van der Waals surface area contributed by atoms with E-state index in [4.69, 9.17) is 4.74 Å². The maximum atomic E-state index is 12.6. The van der Waals surface area contributed by atoms with E-state index < -0.39 is 0 Å². The van der Waals surface area contributed by atoms with Crippen molar-refractivity contribution >= 4 is 23.6 Å². The van der Waals surface area contributed by atoms with Gasteiger partial charge in [-0.3, -0.25) is 4.79 Å². The maximum absolute atomic E-state index is 12.6. The molecular weight excluding hydrogens is 532 g/mol. The van der Waals surface area contributed by atoms with Crippen LogP contribution in [0.25, 0.3) is 6.08 Å². The Morgan fingerprint density at radius 1 is 0.643 bits per heavy atom. The largest absolute Gasteiger partial charge is 0.494 e. The Morgan fingerprint density at radius 2 is 1.17 bits per heavy atom. The van der Waals surface area contributed by atoms with Gasteiger partial charge in [-0.15, -0.1) is 11.8 Å². The summed E-state index contributed by atoms with van der Waals surface area (Å²) in [4.78, 5) is 13.8. The summed E-state index contributed by atoms with van der Waals surface area (Å²) in [5, 5.41) is 0. The number of thioether (sulfide) groups is 1. The topological polar surface area (TPSA) is 26.3 Å². The van der Waals surface area contributed by atoms with Gasteiger partial charge in [0.05, 0.1) is 6.61 Å². The maximum Gasteiger partial charge on any atom is 0.185 e. The van der Waals surface area contributed by atoms with E-state index in [1.807, 2.05) is 66.4 Å². The molecule has 2 rings (SSSR count). The molecule has 0 aliphatic rings. The highest BCUT2D eigenvalue weighted by molar-refractivity contribution is 7.99. The van der Waals surface area contributed by atoms with Crippen molar-refractivity contribution in [3.8, 4) is 5.75 Å². The van der Waals surface area contributed by atoms with Crippen molar-refractivity contribution in [3.63, 3.8) is 0 Å². The standard InChI is InChI=1S/C39H60O2S/c1-3-5-6-7-8-9-10-11-12-13-14-15-16-17-18-19-20-21-22-32-41-37-25-23-24-35(34-37)26-31-39(40)36-27-29-38(30-28-36)42-33-4-2/h23-31,34H,3-22,32-33H2,1-2H3/b31-26+. The summed E-state index contributed by atoms with van der Waals surface area (Å²) in [6.07, 6.45) is 31.2. The van der Waals surface area contributed by atoms with Crippen LogP contribution in [0.4, 0.5) is 0 Å². The SMILES string of the molecule is CCCCCCCCCCCCCCCCCCCCCOc1cccc(/C=C/C(=O)c2ccc(SCCC)cc2)c1. The zero-order valence-corrected chi connectivity index (χ0v) is 27.9. The highest BCUT2D eigenvalue weighted by Crippen LogP contribution is 2.20. The minimum Gasteiger partial charge on any atom is -0.494 e. The molecule has 234 valence electrons. The van der Waals surface area contributed by atoms with Gasteiger partial charge in [0.2, 0.25) is 0 Å². The summed E-state index contributed by atoms with van der Waals surface area (Å²) in [5.74, 6) is 2.01. The van der Waals surface area contributed by atoms with E-state index >= 15 is 0 Å². The zero-order valence-electron chi connectivity index (χ0n) is 27.1. The van der Waals surface area contributed by atoms with Gasteiger partial charge in [0.15, 0.2) is 5.78 Å². The van der Waals surface area contributed by atoms with Crippen LogP contribution in [0.15, 0.2) is 59.5 Å². The van der Waals surface area contributed by atoms with E-state index in [1.54, 1.807) is 6.08 Å². The lowest BCUT2D eigenvalue weighted by molar-refractivity contribution is 0.104. The number of unbranched alkanes of at least 4 members (excludes halogenated alkanes) is 18. The minimum absolute atomic E-state index is 0.0300. The Labute approximate surface area is 263 Å². The second-order valence-electron chi connectivity index (χ2n) is 11.9. The normalized spacial score (nSPS) is 11.4. The van der Waals surface area contributed by atoms with Crippen LogP contribution in [0, 0.1) is 0 Å². The molecule has 0 atom stereocenters. The van der Waals surface area contributed by atoms with Crippen LogP contribution in [0.3, 0.4) is 0 Å². The lowest BCUT2D eigenvalue weighted by Crippen LogP contribution is -1.97. The molecule has 0 saturated heterocycles. The van der Waals surface area contributed by atoms with Crippen molar-refractivity contribution in [3.05, 3.63) is 65.7 Å². The monoisotopic (exact) mass is 592 g/mol. The van der Waals surface area contributed by atoms with E-state index in [0.717, 1.165) is 42.1 Å². The number of benzene rings is 2. The van der Waals surface area contributed by atoms with Gasteiger partial charge in [-0.05, 0) is 66.6 Å². The van der Waals surface area contributed by atoms with Gasteiger partial charge < -0.3 is 4.74 Å². The fourth-order valence-corrected chi connectivity index (χ4v) is 6.05. The van der Waals surface area contributed by atoms with Crippen LogP contribution in [0.2, 0.25) is 0 Å². The average Bonchev–Trinajstić information content (AvgIpc) is 3.02. The second kappa shape index (κ2) is 25.5. The summed E-state index contributed by atoms with van der Waals surface area (Å²) >= 11 is 1.83. The number of rotatable bonds is 27. The predicted octanol–water partition coefficient (Wildman–Crippen LogP) is 12.9. The van der Waals surface area contributed by atoms with Gasteiger partial charge in [-0.1, -0.05) is 148 Å². The first kappa shape index (κ1) is 36.2. The van der Waals surface area contributed by atoms with Crippen LogP contribution in [-0.4, -0.2) is 18.1 Å². The number of hydrogen-bond donors (Lipinski definition) is 0. The molecule has 0 bridgehead atoms. The zero-order chi connectivity index (χ0) is 29.9. The number of ether oxygens (including phenoxy) is 1. The van der Waals surface area contributed by atoms with Gasteiger partial charge in [-0.2, -0.15) is 0 Å². The van der Waals surface area contributed by atoms with Crippen LogP contribution >= 0.6 is 11.8 Å². The summed E-state index contributed by atoms with van der Waals surface area (Å²) in [7, 11) is 0. The average molecular weight is 593 g/mol. The molecule has 0 aliphatic heterocycles. The Morgan fingerprint density at radius 3 is 1.69 bits per heavy atom. The van der Waals surface area contributed by atoms with Crippen molar-refractivity contribution < 1.29 is 9.53 Å². The number of hydrogen-bond acceptors (Lipinski definition) is 3. The molecule has 0 spiro atoms. The third kappa shape index (κ3) is 18.5. The molecule has 0 aromatic heterocycles. The molecule has 3 heteroatoms. The fourth-order valence-electron chi connectivity index (χ4n) is 5.28. The van der Waals surface area contributed by atoms with E-state index in [9.17, 15) is 4.79 Å². The van der Waals surface area contributed by atoms with E-state index in [-0.39, 0.29) is 5.78 Å². The number of carbonyl (C=O) groups is 1. The Kier molecular flexibility index (Phi) is 22.0. The van der Waals surface area contributed by atoms with Gasteiger partial charge in [0, 0.05) is 10.5 Å². The quantitative estimate of drug-likeness (QED) is 0.0447. The number of allylic oxidation sites excluding steroid dienone is 1. The summed E-state index contributed by atoms with van der Waals surface area (Å²) in [6, 6.07) is 15.9. The van der Waals surface area contributed by atoms with E-state index in [1.165, 1.54) is 120 Å². The highest BCUT2D eigenvalue weighted by Gasteiger charge is 2.03. The van der Waals surface area contributed by atoms with Gasteiger partial charge >= 0.3 is 0 Å². The van der Waals surface area contributed by atoms with Gasteiger partial charge in [-0.25, -0.2) is 0 Å². The molecule has 0 aliphatic carbocycles. The molecule has 2 nitrogen and oxygen atoms in total. The fraction of sp³-hybridized carbons (Fsp3) is 0.615. The first-order chi connectivity index (χ1) is 20.7. The predicted molar refractivity (Wildman–Crippen MR) is 186 cm³/mol. The molecule has 2 aromatic rings. The molecule has 42 heavy (non-hydrogen) atoms. The third-order valence-corrected chi connectivity index (χ3v) is 9.13. The lowest BCUT2D eigenvalue weighted by atomic mass is 10.0. The van der Waals surface area contributed by atoms with Crippen molar-refractivity contribution in [2.75, 3.05) is 12.4 Å². The van der Waals surface area contributed by atoms with Gasteiger partial charge in [0.25, 0.3) is 0 Å². The summed E-state index contributed by atoms with van der Waals surface area (Å²) in [6.45, 7) is 5.23. The lowest BCUT2D eigenvalue weighted by Gasteiger charge is -2.07. The first-order valence-electron chi connectivity index (χ1n) is 17.4. The Bertz CT molecular complexity index is 949. The smallest absolute Gasteiger partial charge is 0.185 e. The Balaban J connectivity index is 1.43. The molecular formula is C39H60O2S. The molecule has 0 radical (unpaired) electrons. The van der Waals surface area contributed by atoms with Crippen LogP contribution in [0.1, 0.15) is 158 Å². The van der Waals surface area contributed by atoms with Crippen LogP contribution in [0.5, 0.6) is 5.75 Å². The molecule has 0 saturated carbocycles. The second-order valence-corrected chi connectivity index (χ2v) is 13.0. The molecule has 0 heterocycles. The first-order valence-corrected chi connectivity index (χ1v) is 18.4. The van der Waals surface area contributed by atoms with E-state index in [2.05, 4.69) is 13.8 Å². The van der Waals surface area contributed by atoms with Crippen molar-refractivity contribution in [1.29, 1.82) is 0 Å². The Hall–Kier alpha value is -2.00. The number of carbonyl (C=O) groups excluding carboxylic acids is 1. The molecule has 2 aromatic carbocycles. The van der Waals surface area contributed by atoms with Gasteiger partial charge in [0.1, 0.15) is 5.75 Å². The van der Waals surface area contributed by atoms with Crippen LogP contribution < -0.4 is 4.74 Å². The molecule has 0 amide bonds. The molecule has 0 fully saturated rings. The molecule has 0 unspecified atom stereocenters. The number of ketones is 1. The van der Waals surface area contributed by atoms with Crippen molar-refractivity contribution in [2.24, 2.45) is 0 Å². The summed E-state index contributed by atoms with van der Waals surface area (Å²) < 4.78 is 6.00. The van der Waals surface area contributed by atoms with E-state index in [0.29, 0.717) is 0 Å². The summed E-state index contributed by atoms with van der Waals surface area (Å²) in [5.41, 5.74) is 1.72. The molecule has 0 N–H and O–H groups in total. The minimum atomic E-state index is 0.0300. The van der Waals surface area contributed by atoms with Crippen LogP contribution in [-0.2, 0) is 0 Å².